The molecule has 0 saturated carbocycles. The molecule has 0 radical (unpaired) electrons. The number of nitrogens with zero attached hydrogens (tertiary/aromatic N) is 3. The molecule has 3 rings (SSSR count). The molecule has 0 N–H and O–H groups in total. The first-order chi connectivity index (χ1) is 14.1. The van der Waals surface area contributed by atoms with Crippen LogP contribution in [0.1, 0.15) is 40.3 Å². The van der Waals surface area contributed by atoms with Gasteiger partial charge in [0.2, 0.25) is 0 Å². The van der Waals surface area contributed by atoms with Gasteiger partial charge in [0.05, 0.1) is 0 Å². The Labute approximate surface area is 171 Å². The van der Waals surface area contributed by atoms with Gasteiger partial charge in [-0.2, -0.15) is 0 Å². The summed E-state index contributed by atoms with van der Waals surface area (Å²) in [6, 6.07) is 22.6. The molecule has 0 aliphatic carbocycles. The summed E-state index contributed by atoms with van der Waals surface area (Å²) in [5.74, 6) is -0.338. The maximum absolute atomic E-state index is 13.0. The lowest BCUT2D eigenvalue weighted by molar-refractivity contribution is 0.0752. The van der Waals surface area contributed by atoms with Crippen LogP contribution >= 0.6 is 0 Å². The van der Waals surface area contributed by atoms with Gasteiger partial charge >= 0.3 is 0 Å². The van der Waals surface area contributed by atoms with Crippen molar-refractivity contribution in [1.82, 2.24) is 9.88 Å². The fourth-order valence-electron chi connectivity index (χ4n) is 3.18. The first kappa shape index (κ1) is 20.3. The van der Waals surface area contributed by atoms with E-state index in [4.69, 9.17) is 0 Å². The van der Waals surface area contributed by atoms with Gasteiger partial charge < -0.3 is 9.80 Å². The quantitative estimate of drug-likeness (QED) is 0.603. The number of amides is 2. The Hall–Kier alpha value is -3.47. The molecule has 1 aromatic heterocycles. The summed E-state index contributed by atoms with van der Waals surface area (Å²) in [5.41, 5.74) is 2.59. The molecule has 5 heteroatoms. The van der Waals surface area contributed by atoms with Gasteiger partial charge in [-0.05, 0) is 43.7 Å². The number of hydrogen-bond donors (Lipinski definition) is 0. The molecule has 0 fully saturated rings. The van der Waals surface area contributed by atoms with Crippen molar-refractivity contribution in [2.24, 2.45) is 0 Å². The van der Waals surface area contributed by atoms with Gasteiger partial charge in [-0.15, -0.1) is 0 Å². The number of aromatic nitrogens is 1. The second kappa shape index (κ2) is 9.64. The van der Waals surface area contributed by atoms with Crippen molar-refractivity contribution in [3.05, 3.63) is 95.8 Å². The number of rotatable bonds is 7. The van der Waals surface area contributed by atoms with E-state index in [1.807, 2.05) is 74.5 Å². The maximum atomic E-state index is 13.0. The number of hydrogen-bond acceptors (Lipinski definition) is 3. The lowest BCUT2D eigenvalue weighted by atomic mass is 10.1. The van der Waals surface area contributed by atoms with Crippen molar-refractivity contribution in [2.75, 3.05) is 18.0 Å². The molecule has 148 valence electrons. The van der Waals surface area contributed by atoms with Crippen molar-refractivity contribution in [2.45, 2.75) is 20.4 Å². The van der Waals surface area contributed by atoms with Crippen LogP contribution in [0.4, 0.5) is 5.69 Å². The lowest BCUT2D eigenvalue weighted by Gasteiger charge is -2.22. The first-order valence-electron chi connectivity index (χ1n) is 9.80. The molecule has 3 aromatic rings. The van der Waals surface area contributed by atoms with E-state index in [2.05, 4.69) is 4.98 Å². The number of anilines is 1. The average Bonchev–Trinajstić information content (AvgIpc) is 2.79. The zero-order valence-electron chi connectivity index (χ0n) is 16.8. The predicted molar refractivity (Wildman–Crippen MR) is 115 cm³/mol. The van der Waals surface area contributed by atoms with Gasteiger partial charge in [-0.25, -0.2) is 0 Å². The zero-order chi connectivity index (χ0) is 20.6. The van der Waals surface area contributed by atoms with E-state index in [0.29, 0.717) is 25.2 Å². The molecule has 0 aliphatic rings. The van der Waals surface area contributed by atoms with E-state index in [1.165, 1.54) is 6.20 Å². The molecule has 0 unspecified atom stereocenters. The second-order valence-electron chi connectivity index (χ2n) is 6.62. The van der Waals surface area contributed by atoms with Crippen molar-refractivity contribution in [1.29, 1.82) is 0 Å². The Morgan fingerprint density at radius 2 is 1.48 bits per heavy atom. The third-order valence-corrected chi connectivity index (χ3v) is 4.74. The van der Waals surface area contributed by atoms with Gasteiger partial charge in [0, 0.05) is 37.1 Å². The smallest absolute Gasteiger partial charge is 0.276 e. The van der Waals surface area contributed by atoms with Crippen LogP contribution in [-0.2, 0) is 6.54 Å². The molecule has 5 nitrogen and oxygen atoms in total. The molecular weight excluding hydrogens is 362 g/mol. The third kappa shape index (κ3) is 4.88. The van der Waals surface area contributed by atoms with Gasteiger partial charge in [0.25, 0.3) is 11.8 Å². The molecule has 1 heterocycles. The summed E-state index contributed by atoms with van der Waals surface area (Å²) in [6.45, 7) is 5.47. The lowest BCUT2D eigenvalue weighted by Crippen LogP contribution is -2.33. The van der Waals surface area contributed by atoms with E-state index in [0.717, 1.165) is 11.3 Å². The Morgan fingerprint density at radius 1 is 0.828 bits per heavy atom. The number of carbonyl (C=O) groups is 2. The van der Waals surface area contributed by atoms with Gasteiger partial charge in [0.1, 0.15) is 5.69 Å². The topological polar surface area (TPSA) is 53.5 Å². The summed E-state index contributed by atoms with van der Waals surface area (Å²) in [7, 11) is 0. The summed E-state index contributed by atoms with van der Waals surface area (Å²) >= 11 is 0. The minimum Gasteiger partial charge on any atom is -0.335 e. The highest BCUT2D eigenvalue weighted by Gasteiger charge is 2.20. The van der Waals surface area contributed by atoms with Crippen LogP contribution in [0.25, 0.3) is 0 Å². The van der Waals surface area contributed by atoms with Crippen LogP contribution < -0.4 is 4.90 Å². The van der Waals surface area contributed by atoms with Crippen LogP contribution in [-0.4, -0.2) is 34.8 Å². The van der Waals surface area contributed by atoms with Crippen LogP contribution in [0, 0.1) is 0 Å². The summed E-state index contributed by atoms with van der Waals surface area (Å²) in [6.07, 6.45) is 1.52. The Kier molecular flexibility index (Phi) is 6.74. The number of para-hydroxylation sites is 1. The average molecular weight is 387 g/mol. The van der Waals surface area contributed by atoms with E-state index in [1.54, 1.807) is 21.9 Å². The van der Waals surface area contributed by atoms with E-state index >= 15 is 0 Å². The monoisotopic (exact) mass is 387 g/mol. The Balaban J connectivity index is 1.82. The van der Waals surface area contributed by atoms with E-state index < -0.39 is 0 Å². The van der Waals surface area contributed by atoms with Crippen LogP contribution in [0.15, 0.2) is 79.0 Å². The van der Waals surface area contributed by atoms with Gasteiger partial charge in [-0.1, -0.05) is 48.5 Å². The summed E-state index contributed by atoms with van der Waals surface area (Å²) < 4.78 is 0. The zero-order valence-corrected chi connectivity index (χ0v) is 16.8. The molecule has 2 amide bonds. The first-order valence-corrected chi connectivity index (χ1v) is 9.80. The van der Waals surface area contributed by atoms with E-state index in [9.17, 15) is 9.59 Å². The van der Waals surface area contributed by atoms with Crippen molar-refractivity contribution in [3.8, 4) is 0 Å². The highest BCUT2D eigenvalue weighted by atomic mass is 16.2. The molecule has 0 saturated heterocycles. The minimum atomic E-state index is -0.223. The third-order valence-electron chi connectivity index (χ3n) is 4.74. The molecule has 29 heavy (non-hydrogen) atoms. The highest BCUT2D eigenvalue weighted by Crippen LogP contribution is 2.17. The number of pyridine rings is 1. The van der Waals surface area contributed by atoms with E-state index in [-0.39, 0.29) is 17.5 Å². The van der Waals surface area contributed by atoms with Crippen LogP contribution in [0.5, 0.6) is 0 Å². The fraction of sp³-hybridized carbons (Fsp3) is 0.208. The summed E-state index contributed by atoms with van der Waals surface area (Å²) in [5, 5.41) is 0. The Bertz CT molecular complexity index is 958. The number of carbonyl (C=O) groups excluding carboxylic acids is 2. The molecular formula is C24H25N3O2. The maximum Gasteiger partial charge on any atom is 0.276 e. The van der Waals surface area contributed by atoms with Crippen molar-refractivity contribution in [3.63, 3.8) is 0 Å². The molecule has 0 aliphatic heterocycles. The fourth-order valence-corrected chi connectivity index (χ4v) is 3.18. The van der Waals surface area contributed by atoms with Crippen molar-refractivity contribution < 1.29 is 9.59 Å². The van der Waals surface area contributed by atoms with Crippen LogP contribution in [0.2, 0.25) is 0 Å². The minimum absolute atomic E-state index is 0.115. The molecule has 0 spiro atoms. The largest absolute Gasteiger partial charge is 0.335 e. The standard InChI is InChI=1S/C24H25N3O2/c1-3-26(18-19-11-7-5-8-12-19)23(28)20-15-16-25-22(17-20)24(29)27(4-2)21-13-9-6-10-14-21/h5-17H,3-4,18H2,1-2H3. The summed E-state index contributed by atoms with van der Waals surface area (Å²) in [4.78, 5) is 33.7. The highest BCUT2D eigenvalue weighted by molar-refractivity contribution is 6.06. The number of benzene rings is 2. The predicted octanol–water partition coefficient (Wildman–Crippen LogP) is 4.41. The van der Waals surface area contributed by atoms with Gasteiger partial charge in [-0.3, -0.25) is 14.6 Å². The molecule has 0 atom stereocenters. The Morgan fingerprint density at radius 3 is 2.10 bits per heavy atom. The van der Waals surface area contributed by atoms with Crippen molar-refractivity contribution >= 4 is 17.5 Å². The van der Waals surface area contributed by atoms with Crippen LogP contribution in [0.3, 0.4) is 0 Å². The SMILES string of the molecule is CCN(Cc1ccccc1)C(=O)c1ccnc(C(=O)N(CC)c2ccccc2)c1. The molecule has 0 bridgehead atoms. The van der Waals surface area contributed by atoms with Gasteiger partial charge in [0.15, 0.2) is 0 Å². The second-order valence-corrected chi connectivity index (χ2v) is 6.62. The molecule has 2 aromatic carbocycles. The normalized spacial score (nSPS) is 10.4.